The molecule has 6 aliphatic rings. The number of aliphatic hydroxyl groups is 2. The molecule has 0 saturated heterocycles. The highest BCUT2D eigenvalue weighted by Gasteiger charge is 2.52. The van der Waals surface area contributed by atoms with E-state index in [4.69, 9.17) is 47.4 Å². The van der Waals surface area contributed by atoms with Crippen molar-refractivity contribution in [1.82, 2.24) is 0 Å². The molecule has 8 N–H and O–H groups in total. The zero-order chi connectivity index (χ0) is 79.2. The summed E-state index contributed by atoms with van der Waals surface area (Å²) >= 11 is 0. The van der Waals surface area contributed by atoms with E-state index >= 15 is 9.59 Å². The highest BCUT2D eigenvalue weighted by molar-refractivity contribution is 5.87. The predicted molar refractivity (Wildman–Crippen MR) is 357 cm³/mol. The lowest BCUT2D eigenvalue weighted by atomic mass is 9.79. The van der Waals surface area contributed by atoms with Gasteiger partial charge >= 0.3 is 95.5 Å². The predicted octanol–water partition coefficient (Wildman–Crippen LogP) is 4.76. The van der Waals surface area contributed by atoms with E-state index in [2.05, 4.69) is 0 Å². The molecule has 34 nitrogen and oxygen atoms in total. The average Bonchev–Trinajstić information content (AvgIpc) is 0.784. The molecule has 0 aromatic rings. The quantitative estimate of drug-likeness (QED) is 0.0305. The zero-order valence-corrected chi connectivity index (χ0v) is 61.1. The van der Waals surface area contributed by atoms with E-state index in [1.165, 1.54) is 0 Å². The monoisotopic (exact) mass is 1520 g/mol. The molecule has 0 bridgehead atoms. The summed E-state index contributed by atoms with van der Waals surface area (Å²) in [6.07, 6.45) is 6.03. The van der Waals surface area contributed by atoms with E-state index < -0.39 is 273 Å². The summed E-state index contributed by atoms with van der Waals surface area (Å²) < 4.78 is 57.4. The Morgan fingerprint density at radius 2 is 0.364 bits per heavy atom. The lowest BCUT2D eigenvalue weighted by molar-refractivity contribution is -0.191. The van der Waals surface area contributed by atoms with Crippen LogP contribution in [-0.4, -0.2) is 216 Å². The van der Waals surface area contributed by atoms with Crippen LogP contribution in [0.15, 0.2) is 0 Å². The third-order valence-electron chi connectivity index (χ3n) is 22.2. The van der Waals surface area contributed by atoms with Crippen LogP contribution in [-0.2, 0) is 124 Å². The van der Waals surface area contributed by atoms with Crippen LogP contribution in [0.5, 0.6) is 0 Å². The van der Waals surface area contributed by atoms with Crippen LogP contribution in [0.3, 0.4) is 0 Å². The van der Waals surface area contributed by atoms with Crippen LogP contribution in [0.4, 0.5) is 0 Å². The molecule has 0 radical (unpaired) electrons. The van der Waals surface area contributed by atoms with Crippen LogP contribution in [0.25, 0.3) is 0 Å². The van der Waals surface area contributed by atoms with Gasteiger partial charge in [-0.25, -0.2) is 0 Å². The van der Waals surface area contributed by atoms with Gasteiger partial charge in [-0.3, -0.25) is 76.7 Å². The normalized spacial score (nSPS) is 27.3. The molecule has 34 heteroatoms. The largest absolute Gasteiger partial charge is 0.481 e. The van der Waals surface area contributed by atoms with Crippen molar-refractivity contribution in [3.05, 3.63) is 0 Å². The standard InChI is InChI=1S/C73H104O34/c1-69(29-74,31-98-59(88)47-23-11-5-17-41(47)53(76)77)65(94)104-37-73(38-105-66(95)70(2,30-75)32-99-60(89)48-24-12-6-18-42(48)54(78)79,39-106-67(96)71(3,33-100-61(90)49-25-13-7-19-43(49)55(80)81)34-101-62(91)50-26-14-8-20-44(50)56(82)83)40-107-68(97)72(4,35-102-63(92)51-27-15-9-21-45(51)57(84)85)36-103-64(93)52-28-16-10-22-46(52)58(86)87/h41-52,74-75H,5-40H2,1-4H3,(H,76,77)(H,78,79)(H,80,81)(H,82,83)(H,84,85)(H,86,87). The molecular weight excluding hydrogens is 1420 g/mol. The van der Waals surface area contributed by atoms with E-state index in [0.717, 1.165) is 27.7 Å². The van der Waals surface area contributed by atoms with E-state index in [9.17, 15) is 108 Å². The summed E-state index contributed by atoms with van der Waals surface area (Å²) in [5, 5.41) is 82.0. The molecule has 0 amide bonds. The molecule has 0 heterocycles. The van der Waals surface area contributed by atoms with Gasteiger partial charge in [0.05, 0.1) is 84.2 Å². The van der Waals surface area contributed by atoms with Gasteiger partial charge < -0.3 is 88.2 Å². The smallest absolute Gasteiger partial charge is 0.318 e. The fourth-order valence-corrected chi connectivity index (χ4v) is 14.8. The fourth-order valence-electron chi connectivity index (χ4n) is 14.8. The van der Waals surface area contributed by atoms with Crippen molar-refractivity contribution in [3.8, 4) is 0 Å². The van der Waals surface area contributed by atoms with Crippen LogP contribution in [0.1, 0.15) is 182 Å². The minimum atomic E-state index is -2.62. The first kappa shape index (κ1) is 87.4. The number of carboxylic acid groups (broad SMARTS) is 6. The molecule has 0 spiro atoms. The fraction of sp³-hybridized carbons (Fsp3) is 0.781. The molecule has 6 rings (SSSR count). The van der Waals surface area contributed by atoms with Crippen molar-refractivity contribution in [2.24, 2.45) is 98.1 Å². The van der Waals surface area contributed by atoms with Crippen LogP contribution in [0.2, 0.25) is 0 Å². The lowest BCUT2D eigenvalue weighted by Gasteiger charge is -2.37. The second-order valence-electron chi connectivity index (χ2n) is 31.0. The first-order chi connectivity index (χ1) is 50.5. The van der Waals surface area contributed by atoms with Crippen molar-refractivity contribution in [3.63, 3.8) is 0 Å². The third-order valence-corrected chi connectivity index (χ3v) is 22.2. The van der Waals surface area contributed by atoms with Crippen molar-refractivity contribution in [1.29, 1.82) is 0 Å². The molecule has 0 aromatic carbocycles. The van der Waals surface area contributed by atoms with Crippen molar-refractivity contribution in [2.45, 2.75) is 182 Å². The maximum absolute atomic E-state index is 15.3. The van der Waals surface area contributed by atoms with Crippen molar-refractivity contribution >= 4 is 95.5 Å². The number of aliphatic carboxylic acids is 6. The third kappa shape index (κ3) is 23.2. The Labute approximate surface area is 617 Å². The maximum Gasteiger partial charge on any atom is 0.318 e. The number of esters is 10. The molecule has 6 fully saturated rings. The van der Waals surface area contributed by atoms with Crippen molar-refractivity contribution in [2.75, 3.05) is 79.3 Å². The Morgan fingerprint density at radius 3 is 0.514 bits per heavy atom. The molecule has 14 unspecified atom stereocenters. The second kappa shape index (κ2) is 39.5. The Balaban J connectivity index is 1.46. The van der Waals surface area contributed by atoms with E-state index in [0.29, 0.717) is 77.0 Å². The van der Waals surface area contributed by atoms with Gasteiger partial charge in [0.15, 0.2) is 0 Å². The van der Waals surface area contributed by atoms with Crippen molar-refractivity contribution < 1.29 is 165 Å². The van der Waals surface area contributed by atoms with Gasteiger partial charge in [0.2, 0.25) is 0 Å². The zero-order valence-electron chi connectivity index (χ0n) is 61.1. The summed E-state index contributed by atoms with van der Waals surface area (Å²) in [6.45, 7) is -9.70. The number of carbonyl (C=O) groups is 16. The van der Waals surface area contributed by atoms with Gasteiger partial charge in [0.1, 0.15) is 93.1 Å². The molecule has 14 atom stereocenters. The molecule has 0 aromatic heterocycles. The topological polar surface area (TPSA) is 527 Å². The first-order valence-corrected chi connectivity index (χ1v) is 36.8. The van der Waals surface area contributed by atoms with E-state index in [-0.39, 0.29) is 77.0 Å². The Morgan fingerprint density at radius 1 is 0.224 bits per heavy atom. The van der Waals surface area contributed by atoms with Gasteiger partial charge in [0.25, 0.3) is 0 Å². The van der Waals surface area contributed by atoms with Gasteiger partial charge in [-0.2, -0.15) is 0 Å². The number of ether oxygens (including phenoxy) is 10. The van der Waals surface area contributed by atoms with Crippen LogP contribution in [0, 0.1) is 98.1 Å². The van der Waals surface area contributed by atoms with Gasteiger partial charge in [-0.05, 0) is 105 Å². The number of hydrogen-bond acceptors (Lipinski definition) is 28. The van der Waals surface area contributed by atoms with Crippen LogP contribution >= 0.6 is 0 Å². The highest BCUT2D eigenvalue weighted by Crippen LogP contribution is 2.40. The Kier molecular flexibility index (Phi) is 32.3. The van der Waals surface area contributed by atoms with Gasteiger partial charge in [-0.1, -0.05) is 77.0 Å². The summed E-state index contributed by atoms with van der Waals surface area (Å²) in [5.41, 5.74) is -12.0. The van der Waals surface area contributed by atoms with E-state index in [1.54, 1.807) is 0 Å². The minimum Gasteiger partial charge on any atom is -0.481 e. The molecular formula is C73H104O34. The summed E-state index contributed by atoms with van der Waals surface area (Å²) in [4.78, 5) is 217. The number of hydrogen-bond donors (Lipinski definition) is 8. The highest BCUT2D eigenvalue weighted by atomic mass is 16.6. The molecule has 6 saturated carbocycles. The summed E-state index contributed by atoms with van der Waals surface area (Å²) in [7, 11) is 0. The first-order valence-electron chi connectivity index (χ1n) is 36.8. The second-order valence-corrected chi connectivity index (χ2v) is 31.0. The Hall–Kier alpha value is -8.56. The minimum absolute atomic E-state index is 0.0388. The van der Waals surface area contributed by atoms with Gasteiger partial charge in [0, 0.05) is 0 Å². The number of aliphatic hydroxyl groups excluding tert-OH is 2. The average molecular weight is 1530 g/mol. The number of carboxylic acids is 6. The number of rotatable bonds is 38. The Bertz CT molecular complexity index is 2920. The van der Waals surface area contributed by atoms with Gasteiger partial charge in [-0.15, -0.1) is 0 Å². The van der Waals surface area contributed by atoms with Crippen LogP contribution < -0.4 is 0 Å². The summed E-state index contributed by atoms with van der Waals surface area (Å²) in [6, 6.07) is 0. The van der Waals surface area contributed by atoms with E-state index in [1.807, 2.05) is 0 Å². The molecule has 0 aliphatic heterocycles. The SMILES string of the molecule is CC(CO)(COC(=O)C1CCCCC1C(=O)O)C(=O)OCC(COC(=O)C(C)(CO)COC(=O)C1CCCCC1C(=O)O)(COC(=O)C(C)(COC(=O)C1CCCCC1C(=O)O)COC(=O)C1CCCCC1C(=O)O)COC(=O)C(C)(COC(=O)C1CCCCC1C(=O)O)COC(=O)C1CCCCC1C(=O)O. The number of carbonyl (C=O) groups excluding carboxylic acids is 10. The summed E-state index contributed by atoms with van der Waals surface area (Å²) in [5.74, 6) is -35.0. The lowest BCUT2D eigenvalue weighted by Crippen LogP contribution is -2.50. The molecule has 6 aliphatic carbocycles. The molecule has 600 valence electrons. The maximum atomic E-state index is 15.3. The molecule has 107 heavy (non-hydrogen) atoms.